The predicted molar refractivity (Wildman–Crippen MR) is 110 cm³/mol. The van der Waals surface area contributed by atoms with E-state index < -0.39 is 0 Å². The van der Waals surface area contributed by atoms with Gasteiger partial charge in [0.15, 0.2) is 0 Å². The van der Waals surface area contributed by atoms with Gasteiger partial charge in [-0.3, -0.25) is 9.69 Å². The number of amides is 1. The van der Waals surface area contributed by atoms with Gasteiger partial charge in [-0.05, 0) is 95.3 Å². The van der Waals surface area contributed by atoms with Crippen molar-refractivity contribution in [2.24, 2.45) is 17.8 Å². The molecule has 146 valence electrons. The molecule has 1 saturated heterocycles. The summed E-state index contributed by atoms with van der Waals surface area (Å²) >= 11 is 3.65. The molecule has 1 N–H and O–H groups in total. The zero-order chi connectivity index (χ0) is 18.4. The number of rotatable bonds is 4. The number of hydrogen-bond donors (Lipinski definition) is 1. The molecule has 5 fully saturated rings. The Morgan fingerprint density at radius 3 is 2.37 bits per heavy atom. The lowest BCUT2D eigenvalue weighted by molar-refractivity contribution is -0.118. The largest absolute Gasteiger partial charge is 0.379 e. The fraction of sp³-hybridized carbons (Fsp3) is 0.682. The molecule has 6 rings (SSSR count). The fourth-order valence-electron chi connectivity index (χ4n) is 6.57. The van der Waals surface area contributed by atoms with Gasteiger partial charge < -0.3 is 10.1 Å². The summed E-state index contributed by atoms with van der Waals surface area (Å²) < 4.78 is 6.35. The smallest absolute Gasteiger partial charge is 0.238 e. The molecular formula is C22H29BrN2O2. The maximum absolute atomic E-state index is 12.6. The number of halogens is 1. The quantitative estimate of drug-likeness (QED) is 0.775. The molecule has 0 atom stereocenters. The van der Waals surface area contributed by atoms with E-state index in [4.69, 9.17) is 4.74 Å². The third-order valence-electron chi connectivity index (χ3n) is 7.36. The first kappa shape index (κ1) is 18.1. The molecular weight excluding hydrogens is 404 g/mol. The maximum Gasteiger partial charge on any atom is 0.238 e. The molecule has 27 heavy (non-hydrogen) atoms. The monoisotopic (exact) mass is 432 g/mol. The van der Waals surface area contributed by atoms with Crippen molar-refractivity contribution in [2.75, 3.05) is 38.2 Å². The molecule has 0 radical (unpaired) electrons. The molecule has 4 aliphatic carbocycles. The molecule has 0 spiro atoms. The van der Waals surface area contributed by atoms with Gasteiger partial charge in [-0.15, -0.1) is 0 Å². The Hall–Kier alpha value is -0.910. The number of ether oxygens (including phenoxy) is 1. The van der Waals surface area contributed by atoms with Crippen LogP contribution in [0.2, 0.25) is 0 Å². The van der Waals surface area contributed by atoms with Crippen LogP contribution in [-0.2, 0) is 14.9 Å². The third-order valence-corrected chi connectivity index (χ3v) is 8.05. The van der Waals surface area contributed by atoms with Crippen LogP contribution in [0.3, 0.4) is 0 Å². The Morgan fingerprint density at radius 1 is 1.11 bits per heavy atom. The second-order valence-electron chi connectivity index (χ2n) is 9.33. The van der Waals surface area contributed by atoms with Crippen molar-refractivity contribution >= 4 is 27.5 Å². The van der Waals surface area contributed by atoms with Crippen molar-refractivity contribution in [1.29, 1.82) is 0 Å². The number of nitrogens with zero attached hydrogens (tertiary/aromatic N) is 1. The summed E-state index contributed by atoms with van der Waals surface area (Å²) in [7, 11) is 0. The summed E-state index contributed by atoms with van der Waals surface area (Å²) in [4.78, 5) is 14.7. The Labute approximate surface area is 170 Å². The second-order valence-corrected chi connectivity index (χ2v) is 10.2. The van der Waals surface area contributed by atoms with E-state index in [1.165, 1.54) is 44.1 Å². The molecule has 0 aromatic heterocycles. The zero-order valence-electron chi connectivity index (χ0n) is 15.9. The zero-order valence-corrected chi connectivity index (χ0v) is 17.5. The van der Waals surface area contributed by atoms with E-state index in [-0.39, 0.29) is 5.91 Å². The lowest BCUT2D eigenvalue weighted by Crippen LogP contribution is -2.48. The first-order valence-electron chi connectivity index (χ1n) is 10.5. The van der Waals surface area contributed by atoms with Crippen molar-refractivity contribution in [2.45, 2.75) is 43.9 Å². The molecule has 1 heterocycles. The van der Waals surface area contributed by atoms with Gasteiger partial charge in [0.25, 0.3) is 0 Å². The highest BCUT2D eigenvalue weighted by Crippen LogP contribution is 2.61. The SMILES string of the molecule is O=C(CN1CCOCC1)Nc1cc(C23CC4CC(CC(C4)C2)C3)ccc1Br. The minimum Gasteiger partial charge on any atom is -0.379 e. The van der Waals surface area contributed by atoms with Crippen LogP contribution in [0.5, 0.6) is 0 Å². The summed E-state index contributed by atoms with van der Waals surface area (Å²) in [6.07, 6.45) is 8.42. The highest BCUT2D eigenvalue weighted by molar-refractivity contribution is 9.10. The molecule has 0 unspecified atom stereocenters. The van der Waals surface area contributed by atoms with Crippen molar-refractivity contribution in [1.82, 2.24) is 4.90 Å². The number of morpholine rings is 1. The van der Waals surface area contributed by atoms with E-state index in [0.717, 1.165) is 54.2 Å². The number of carbonyl (C=O) groups is 1. The number of nitrogens with one attached hydrogen (secondary N) is 1. The van der Waals surface area contributed by atoms with Crippen molar-refractivity contribution < 1.29 is 9.53 Å². The number of carbonyl (C=O) groups excluding carboxylic acids is 1. The molecule has 5 aliphatic rings. The molecule has 1 aromatic carbocycles. The molecule has 1 aromatic rings. The van der Waals surface area contributed by atoms with Gasteiger partial charge >= 0.3 is 0 Å². The van der Waals surface area contributed by atoms with Gasteiger partial charge in [-0.2, -0.15) is 0 Å². The Kier molecular flexibility index (Phi) is 4.81. The summed E-state index contributed by atoms with van der Waals surface area (Å²) in [5, 5.41) is 3.16. The van der Waals surface area contributed by atoms with Crippen LogP contribution in [0, 0.1) is 17.8 Å². The van der Waals surface area contributed by atoms with Crippen LogP contribution in [0.4, 0.5) is 5.69 Å². The summed E-state index contributed by atoms with van der Waals surface area (Å²) in [5.41, 5.74) is 2.74. The van der Waals surface area contributed by atoms with E-state index in [1.54, 1.807) is 0 Å². The number of hydrogen-bond acceptors (Lipinski definition) is 3. The first-order chi connectivity index (χ1) is 13.1. The molecule has 4 saturated carbocycles. The maximum atomic E-state index is 12.6. The Balaban J connectivity index is 1.33. The topological polar surface area (TPSA) is 41.6 Å². The van der Waals surface area contributed by atoms with E-state index in [1.807, 2.05) is 0 Å². The minimum atomic E-state index is 0.0697. The number of anilines is 1. The van der Waals surface area contributed by atoms with Crippen LogP contribution >= 0.6 is 15.9 Å². The Bertz CT molecular complexity index is 694. The summed E-state index contributed by atoms with van der Waals surface area (Å²) in [6.45, 7) is 3.55. The van der Waals surface area contributed by atoms with Gasteiger partial charge in [-0.25, -0.2) is 0 Å². The van der Waals surface area contributed by atoms with Gasteiger partial charge in [0.05, 0.1) is 25.4 Å². The lowest BCUT2D eigenvalue weighted by Gasteiger charge is -2.57. The van der Waals surface area contributed by atoms with Crippen LogP contribution in [0.1, 0.15) is 44.1 Å². The Morgan fingerprint density at radius 2 is 1.74 bits per heavy atom. The third kappa shape index (κ3) is 3.58. The average Bonchev–Trinajstić information content (AvgIpc) is 2.63. The normalized spacial score (nSPS) is 35.4. The van der Waals surface area contributed by atoms with Crippen molar-refractivity contribution in [3.63, 3.8) is 0 Å². The van der Waals surface area contributed by atoms with E-state index in [2.05, 4.69) is 44.3 Å². The van der Waals surface area contributed by atoms with Crippen molar-refractivity contribution in [3.8, 4) is 0 Å². The van der Waals surface area contributed by atoms with Gasteiger partial charge in [0.2, 0.25) is 5.91 Å². The summed E-state index contributed by atoms with van der Waals surface area (Å²) in [5.74, 6) is 2.86. The first-order valence-corrected chi connectivity index (χ1v) is 11.3. The van der Waals surface area contributed by atoms with E-state index in [9.17, 15) is 4.79 Å². The van der Waals surface area contributed by atoms with Crippen LogP contribution in [0.25, 0.3) is 0 Å². The van der Waals surface area contributed by atoms with Crippen LogP contribution in [0.15, 0.2) is 22.7 Å². The molecule has 1 amide bonds. The van der Waals surface area contributed by atoms with Gasteiger partial charge in [-0.1, -0.05) is 6.07 Å². The number of benzene rings is 1. The highest BCUT2D eigenvalue weighted by atomic mass is 79.9. The fourth-order valence-corrected chi connectivity index (χ4v) is 6.91. The average molecular weight is 433 g/mol. The van der Waals surface area contributed by atoms with Gasteiger partial charge in [0.1, 0.15) is 0 Å². The minimum absolute atomic E-state index is 0.0697. The standard InChI is InChI=1S/C22H29BrN2O2/c23-19-2-1-18(22-11-15-7-16(12-22)9-17(8-15)13-22)10-20(19)24-21(26)14-25-3-5-27-6-4-25/h1-2,10,15-17H,3-9,11-14H2,(H,24,26). The molecule has 5 heteroatoms. The van der Waals surface area contributed by atoms with E-state index in [0.29, 0.717) is 12.0 Å². The predicted octanol–water partition coefficient (Wildman–Crippen LogP) is 4.19. The summed E-state index contributed by atoms with van der Waals surface area (Å²) in [6, 6.07) is 6.70. The van der Waals surface area contributed by atoms with E-state index >= 15 is 0 Å². The molecule has 4 nitrogen and oxygen atoms in total. The van der Waals surface area contributed by atoms with Gasteiger partial charge in [0, 0.05) is 17.6 Å². The highest BCUT2D eigenvalue weighted by Gasteiger charge is 2.51. The second kappa shape index (κ2) is 7.16. The molecule has 1 aliphatic heterocycles. The van der Waals surface area contributed by atoms with Crippen LogP contribution < -0.4 is 5.32 Å². The van der Waals surface area contributed by atoms with Crippen LogP contribution in [-0.4, -0.2) is 43.7 Å². The van der Waals surface area contributed by atoms with Crippen molar-refractivity contribution in [3.05, 3.63) is 28.2 Å². The lowest BCUT2D eigenvalue weighted by atomic mass is 9.48. The molecule has 4 bridgehead atoms.